The fourth-order valence-electron chi connectivity index (χ4n) is 3.28. The van der Waals surface area contributed by atoms with Crippen LogP contribution < -0.4 is 5.32 Å². The summed E-state index contributed by atoms with van der Waals surface area (Å²) in [5, 5.41) is 2.93. The van der Waals surface area contributed by atoms with Gasteiger partial charge in [0.2, 0.25) is 11.8 Å². The highest BCUT2D eigenvalue weighted by atomic mass is 16.2. The van der Waals surface area contributed by atoms with Gasteiger partial charge < -0.3 is 10.2 Å². The van der Waals surface area contributed by atoms with Crippen LogP contribution >= 0.6 is 0 Å². The van der Waals surface area contributed by atoms with Crippen molar-refractivity contribution in [2.75, 3.05) is 0 Å². The Morgan fingerprint density at radius 1 is 1.32 bits per heavy atom. The third-order valence-corrected chi connectivity index (χ3v) is 4.80. The molecular formula is C15H26N2O2. The van der Waals surface area contributed by atoms with Gasteiger partial charge in [-0.3, -0.25) is 9.59 Å². The highest BCUT2D eigenvalue weighted by Crippen LogP contribution is 2.35. The second-order valence-electron chi connectivity index (χ2n) is 6.27. The topological polar surface area (TPSA) is 49.4 Å². The molecule has 0 spiro atoms. The van der Waals surface area contributed by atoms with Crippen molar-refractivity contribution in [2.24, 2.45) is 11.8 Å². The van der Waals surface area contributed by atoms with Crippen LogP contribution in [0.4, 0.5) is 0 Å². The molecule has 3 atom stereocenters. The van der Waals surface area contributed by atoms with Crippen molar-refractivity contribution in [1.82, 2.24) is 10.2 Å². The van der Waals surface area contributed by atoms with Crippen LogP contribution in [0.2, 0.25) is 0 Å². The summed E-state index contributed by atoms with van der Waals surface area (Å²) in [4.78, 5) is 26.8. The van der Waals surface area contributed by atoms with E-state index in [4.69, 9.17) is 0 Å². The Labute approximate surface area is 115 Å². The first-order chi connectivity index (χ1) is 8.99. The second kappa shape index (κ2) is 5.51. The number of hydrogen-bond acceptors (Lipinski definition) is 2. The first-order valence-electron chi connectivity index (χ1n) is 7.62. The number of rotatable bonds is 4. The van der Waals surface area contributed by atoms with Gasteiger partial charge in [0.1, 0.15) is 12.1 Å². The van der Waals surface area contributed by atoms with E-state index in [1.807, 2.05) is 18.7 Å². The lowest BCUT2D eigenvalue weighted by Gasteiger charge is -2.49. The zero-order valence-corrected chi connectivity index (χ0v) is 12.5. The Hall–Kier alpha value is -1.06. The molecule has 1 saturated heterocycles. The normalized spacial score (nSPS) is 36.7. The van der Waals surface area contributed by atoms with Gasteiger partial charge >= 0.3 is 0 Å². The van der Waals surface area contributed by atoms with E-state index < -0.39 is 0 Å². The molecule has 1 N–H and O–H groups in total. The minimum absolute atomic E-state index is 0.0342. The molecule has 2 aliphatic rings. The minimum atomic E-state index is -0.323. The van der Waals surface area contributed by atoms with Crippen LogP contribution in [0.3, 0.4) is 0 Å². The Morgan fingerprint density at radius 3 is 2.42 bits per heavy atom. The molecule has 0 aromatic carbocycles. The quantitative estimate of drug-likeness (QED) is 0.845. The zero-order valence-electron chi connectivity index (χ0n) is 12.5. The Morgan fingerprint density at radius 2 is 1.95 bits per heavy atom. The molecule has 2 amide bonds. The van der Waals surface area contributed by atoms with Gasteiger partial charge in [0, 0.05) is 6.04 Å². The lowest BCUT2D eigenvalue weighted by Crippen LogP contribution is -2.68. The van der Waals surface area contributed by atoms with Gasteiger partial charge in [0.05, 0.1) is 0 Å². The average molecular weight is 266 g/mol. The SMILES string of the molecule is CCC(C)C1NC(=O)C(CC)N(C2CC(C)C2)C1=O. The van der Waals surface area contributed by atoms with E-state index in [1.54, 1.807) is 0 Å². The maximum atomic E-state index is 12.7. The van der Waals surface area contributed by atoms with Gasteiger partial charge in [-0.25, -0.2) is 0 Å². The first kappa shape index (κ1) is 14.4. The highest BCUT2D eigenvalue weighted by Gasteiger charge is 2.46. The van der Waals surface area contributed by atoms with Crippen molar-refractivity contribution < 1.29 is 9.59 Å². The summed E-state index contributed by atoms with van der Waals surface area (Å²) >= 11 is 0. The molecule has 1 heterocycles. The van der Waals surface area contributed by atoms with Gasteiger partial charge in [-0.05, 0) is 31.1 Å². The average Bonchev–Trinajstić information content (AvgIpc) is 2.36. The van der Waals surface area contributed by atoms with Crippen LogP contribution in [0.25, 0.3) is 0 Å². The number of nitrogens with zero attached hydrogens (tertiary/aromatic N) is 1. The summed E-state index contributed by atoms with van der Waals surface area (Å²) in [6.07, 6.45) is 3.70. The molecule has 1 aliphatic carbocycles. The fraction of sp³-hybridized carbons (Fsp3) is 0.867. The van der Waals surface area contributed by atoms with Crippen LogP contribution in [-0.2, 0) is 9.59 Å². The van der Waals surface area contributed by atoms with Gasteiger partial charge in [-0.15, -0.1) is 0 Å². The summed E-state index contributed by atoms with van der Waals surface area (Å²) in [5.41, 5.74) is 0. The number of carbonyl (C=O) groups excluding carboxylic acids is 2. The second-order valence-corrected chi connectivity index (χ2v) is 6.27. The maximum Gasteiger partial charge on any atom is 0.246 e. The van der Waals surface area contributed by atoms with Crippen molar-refractivity contribution in [3.8, 4) is 0 Å². The van der Waals surface area contributed by atoms with Crippen LogP contribution in [0, 0.1) is 11.8 Å². The van der Waals surface area contributed by atoms with Gasteiger partial charge in [-0.2, -0.15) is 0 Å². The third-order valence-electron chi connectivity index (χ3n) is 4.80. The predicted molar refractivity (Wildman–Crippen MR) is 74.5 cm³/mol. The number of carbonyl (C=O) groups is 2. The Kier molecular flexibility index (Phi) is 4.16. The minimum Gasteiger partial charge on any atom is -0.342 e. The monoisotopic (exact) mass is 266 g/mol. The molecule has 1 saturated carbocycles. The largest absolute Gasteiger partial charge is 0.342 e. The van der Waals surface area contributed by atoms with E-state index >= 15 is 0 Å². The molecule has 2 rings (SSSR count). The first-order valence-corrected chi connectivity index (χ1v) is 7.62. The lowest BCUT2D eigenvalue weighted by molar-refractivity contribution is -0.157. The van der Waals surface area contributed by atoms with Crippen LogP contribution in [-0.4, -0.2) is 34.8 Å². The summed E-state index contributed by atoms with van der Waals surface area (Å²) in [7, 11) is 0. The third kappa shape index (κ3) is 2.49. The maximum absolute atomic E-state index is 12.7. The van der Waals surface area contributed by atoms with E-state index in [-0.39, 0.29) is 35.9 Å². The van der Waals surface area contributed by atoms with Crippen molar-refractivity contribution in [1.29, 1.82) is 0 Å². The van der Waals surface area contributed by atoms with Gasteiger partial charge in [0.25, 0.3) is 0 Å². The molecule has 2 fully saturated rings. The fourth-order valence-corrected chi connectivity index (χ4v) is 3.28. The molecule has 108 valence electrons. The van der Waals surface area contributed by atoms with Gasteiger partial charge in [0.15, 0.2) is 0 Å². The zero-order chi connectivity index (χ0) is 14.2. The van der Waals surface area contributed by atoms with E-state index in [2.05, 4.69) is 19.2 Å². The van der Waals surface area contributed by atoms with E-state index in [9.17, 15) is 9.59 Å². The van der Waals surface area contributed by atoms with E-state index in [0.29, 0.717) is 12.3 Å². The van der Waals surface area contributed by atoms with E-state index in [1.165, 1.54) is 0 Å². The molecule has 3 unspecified atom stereocenters. The highest BCUT2D eigenvalue weighted by molar-refractivity contribution is 5.97. The van der Waals surface area contributed by atoms with Crippen molar-refractivity contribution >= 4 is 11.8 Å². The summed E-state index contributed by atoms with van der Waals surface area (Å²) < 4.78 is 0. The molecule has 19 heavy (non-hydrogen) atoms. The summed E-state index contributed by atoms with van der Waals surface area (Å²) in [6, 6.07) is -0.299. The van der Waals surface area contributed by atoms with Crippen LogP contribution in [0.5, 0.6) is 0 Å². The summed E-state index contributed by atoms with van der Waals surface area (Å²) in [6.45, 7) is 8.29. The van der Waals surface area contributed by atoms with Crippen molar-refractivity contribution in [2.45, 2.75) is 71.5 Å². The predicted octanol–water partition coefficient (Wildman–Crippen LogP) is 1.94. The number of piperazine rings is 1. The Balaban J connectivity index is 2.19. The van der Waals surface area contributed by atoms with Crippen molar-refractivity contribution in [3.63, 3.8) is 0 Å². The van der Waals surface area contributed by atoms with Gasteiger partial charge in [-0.1, -0.05) is 34.1 Å². The standard InChI is InChI=1S/C15H26N2O2/c1-5-10(4)13-15(19)17(11-7-9(3)8-11)12(6-2)14(18)16-13/h9-13H,5-8H2,1-4H3,(H,16,18). The Bertz CT molecular complexity index is 363. The molecule has 0 aromatic heterocycles. The lowest BCUT2D eigenvalue weighted by atomic mass is 9.78. The number of amides is 2. The molecule has 0 aromatic rings. The number of nitrogens with one attached hydrogen (secondary N) is 1. The molecular weight excluding hydrogens is 240 g/mol. The molecule has 0 radical (unpaired) electrons. The molecule has 4 heteroatoms. The molecule has 1 aliphatic heterocycles. The molecule has 4 nitrogen and oxygen atoms in total. The summed E-state index contributed by atoms with van der Waals surface area (Å²) in [5.74, 6) is 1.06. The van der Waals surface area contributed by atoms with Crippen molar-refractivity contribution in [3.05, 3.63) is 0 Å². The number of hydrogen-bond donors (Lipinski definition) is 1. The van der Waals surface area contributed by atoms with Crippen LogP contribution in [0.1, 0.15) is 53.4 Å². The smallest absolute Gasteiger partial charge is 0.246 e. The molecule has 0 bridgehead atoms. The van der Waals surface area contributed by atoms with Crippen LogP contribution in [0.15, 0.2) is 0 Å². The van der Waals surface area contributed by atoms with E-state index in [0.717, 1.165) is 19.3 Å².